The summed E-state index contributed by atoms with van der Waals surface area (Å²) in [6, 6.07) is 6.32. The number of hydrogen-bond acceptors (Lipinski definition) is 3. The Balaban J connectivity index is 1.57. The Morgan fingerprint density at radius 1 is 0.719 bits per heavy atom. The van der Waals surface area contributed by atoms with Gasteiger partial charge in [0.1, 0.15) is 11.4 Å². The van der Waals surface area contributed by atoms with E-state index in [1.807, 2.05) is 0 Å². The Morgan fingerprint density at radius 3 is 1.56 bits per heavy atom. The summed E-state index contributed by atoms with van der Waals surface area (Å²) in [4.78, 5) is 5.12. The summed E-state index contributed by atoms with van der Waals surface area (Å²) in [7, 11) is 0. The van der Waals surface area contributed by atoms with Crippen LogP contribution in [0.4, 0.5) is 0 Å². The highest BCUT2D eigenvalue weighted by Crippen LogP contribution is 2.46. The van der Waals surface area contributed by atoms with Crippen molar-refractivity contribution < 1.29 is 0 Å². The van der Waals surface area contributed by atoms with Crippen LogP contribution in [0.15, 0.2) is 18.2 Å². The molecule has 2 N–H and O–H groups in total. The molecule has 0 spiro atoms. The average Bonchev–Trinajstić information content (AvgIpc) is 3.40. The summed E-state index contributed by atoms with van der Waals surface area (Å²) in [6.07, 6.45) is 4.89. The Hall–Kier alpha value is -2.43. The Bertz CT molecular complexity index is 1020. The van der Waals surface area contributed by atoms with Crippen molar-refractivity contribution in [1.82, 2.24) is 25.4 Å². The zero-order chi connectivity index (χ0) is 22.6. The van der Waals surface area contributed by atoms with Gasteiger partial charge in [-0.1, -0.05) is 47.6 Å². The number of H-pyrrole nitrogens is 2. The summed E-state index contributed by atoms with van der Waals surface area (Å²) >= 11 is 0. The first-order chi connectivity index (χ1) is 15.4. The van der Waals surface area contributed by atoms with Crippen molar-refractivity contribution in [2.75, 3.05) is 0 Å². The highest BCUT2D eigenvalue weighted by molar-refractivity contribution is 5.68. The topological polar surface area (TPSA) is 70.2 Å². The molecule has 170 valence electrons. The Kier molecular flexibility index (Phi) is 5.47. The normalized spacial score (nSPS) is 25.2. The molecule has 2 aliphatic rings. The number of nitrogens with zero attached hydrogens (tertiary/aromatic N) is 3. The van der Waals surface area contributed by atoms with Crippen LogP contribution < -0.4 is 0 Å². The first-order valence-electron chi connectivity index (χ1n) is 12.5. The lowest BCUT2D eigenvalue weighted by atomic mass is 9.75. The lowest BCUT2D eigenvalue weighted by Gasteiger charge is -2.29. The van der Waals surface area contributed by atoms with Crippen molar-refractivity contribution in [3.63, 3.8) is 0 Å². The minimum absolute atomic E-state index is 0.504. The van der Waals surface area contributed by atoms with Crippen LogP contribution in [0.5, 0.6) is 0 Å². The monoisotopic (exact) mass is 431 g/mol. The molecule has 0 saturated carbocycles. The molecule has 0 amide bonds. The predicted octanol–water partition coefficient (Wildman–Crippen LogP) is 7.14. The van der Waals surface area contributed by atoms with E-state index in [1.165, 1.54) is 48.2 Å². The molecule has 3 aromatic rings. The number of nitrogens with one attached hydrogen (secondary N) is 2. The fourth-order valence-corrected chi connectivity index (χ4v) is 6.15. The molecule has 3 aromatic heterocycles. The zero-order valence-corrected chi connectivity index (χ0v) is 20.4. The van der Waals surface area contributed by atoms with E-state index in [0.29, 0.717) is 35.5 Å². The quantitative estimate of drug-likeness (QED) is 0.461. The minimum atomic E-state index is 0.504. The molecular weight excluding hydrogens is 394 g/mol. The number of hydrogen-bond donors (Lipinski definition) is 2. The maximum absolute atomic E-state index is 5.12. The van der Waals surface area contributed by atoms with Crippen molar-refractivity contribution in [2.45, 2.75) is 90.9 Å². The number of aromatic nitrogens is 5. The maximum Gasteiger partial charge on any atom is 0.114 e. The molecule has 0 unspecified atom stereocenters. The molecule has 0 aromatic carbocycles. The van der Waals surface area contributed by atoms with E-state index in [4.69, 9.17) is 15.2 Å². The number of fused-ring (bicyclic) bond motifs is 2. The first-order valence-corrected chi connectivity index (χ1v) is 12.5. The van der Waals surface area contributed by atoms with Crippen LogP contribution in [0.1, 0.15) is 113 Å². The van der Waals surface area contributed by atoms with Crippen LogP contribution in [0.25, 0.3) is 22.8 Å². The third kappa shape index (κ3) is 3.41. The van der Waals surface area contributed by atoms with Crippen LogP contribution in [0, 0.1) is 11.8 Å². The maximum atomic E-state index is 5.12. The summed E-state index contributed by atoms with van der Waals surface area (Å²) in [5.74, 6) is 3.34. The van der Waals surface area contributed by atoms with Crippen molar-refractivity contribution in [2.24, 2.45) is 11.8 Å². The Morgan fingerprint density at radius 2 is 1.16 bits per heavy atom. The molecular formula is C27H37N5. The molecule has 0 bridgehead atoms. The largest absolute Gasteiger partial charge is 0.281 e. The van der Waals surface area contributed by atoms with Crippen LogP contribution in [-0.4, -0.2) is 25.4 Å². The van der Waals surface area contributed by atoms with E-state index in [2.05, 4.69) is 69.9 Å². The summed E-state index contributed by atoms with van der Waals surface area (Å²) < 4.78 is 0. The SMILES string of the molecule is CC(C)[C@@H]1CC[C@@H](C)c2c(-c3cccc(-c4n[nH]c5c4[C@H](C)CC[C@H]5C(C)C)n3)n[nH]c21. The van der Waals surface area contributed by atoms with E-state index >= 15 is 0 Å². The molecule has 4 atom stereocenters. The minimum Gasteiger partial charge on any atom is -0.281 e. The van der Waals surface area contributed by atoms with Gasteiger partial charge in [-0.05, 0) is 61.5 Å². The highest BCUT2D eigenvalue weighted by atomic mass is 15.1. The lowest BCUT2D eigenvalue weighted by Crippen LogP contribution is -2.17. The van der Waals surface area contributed by atoms with Gasteiger partial charge >= 0.3 is 0 Å². The van der Waals surface area contributed by atoms with E-state index in [-0.39, 0.29) is 0 Å². The molecule has 0 radical (unpaired) electrons. The van der Waals surface area contributed by atoms with Crippen LogP contribution >= 0.6 is 0 Å². The van der Waals surface area contributed by atoms with Gasteiger partial charge in [0.05, 0.1) is 11.4 Å². The van der Waals surface area contributed by atoms with Crippen molar-refractivity contribution in [3.8, 4) is 22.8 Å². The van der Waals surface area contributed by atoms with Gasteiger partial charge < -0.3 is 0 Å². The highest BCUT2D eigenvalue weighted by Gasteiger charge is 2.34. The number of rotatable bonds is 4. The van der Waals surface area contributed by atoms with Crippen molar-refractivity contribution in [1.29, 1.82) is 0 Å². The van der Waals surface area contributed by atoms with Gasteiger partial charge in [-0.2, -0.15) is 10.2 Å². The van der Waals surface area contributed by atoms with Crippen molar-refractivity contribution in [3.05, 3.63) is 40.7 Å². The second kappa shape index (κ2) is 8.17. The third-order valence-corrected chi connectivity index (χ3v) is 8.06. The fraction of sp³-hybridized carbons (Fsp3) is 0.593. The summed E-state index contributed by atoms with van der Waals surface area (Å²) in [5, 5.41) is 16.4. The second-order valence-corrected chi connectivity index (χ2v) is 10.9. The predicted molar refractivity (Wildman–Crippen MR) is 130 cm³/mol. The van der Waals surface area contributed by atoms with Crippen LogP contribution in [0.3, 0.4) is 0 Å². The molecule has 0 saturated heterocycles. The standard InChI is InChI=1S/C27H37N5/c1-14(2)18-12-10-16(5)22-24(18)29-31-26(22)20-8-7-9-21(28-20)27-23-17(6)11-13-19(15(3)4)25(23)30-32-27/h7-9,14-19H,10-13H2,1-6H3,(H,29,31)(H,30,32)/t16-,17-,18+,19+/m1/s1. The second-order valence-electron chi connectivity index (χ2n) is 10.9. The van der Waals surface area contributed by atoms with E-state index in [1.54, 1.807) is 0 Å². The number of pyridine rings is 1. The molecule has 0 fully saturated rings. The van der Waals surface area contributed by atoms with Gasteiger partial charge in [-0.3, -0.25) is 10.2 Å². The number of aromatic amines is 2. The molecule has 0 aliphatic heterocycles. The van der Waals surface area contributed by atoms with Gasteiger partial charge in [0.2, 0.25) is 0 Å². The van der Waals surface area contributed by atoms with E-state index < -0.39 is 0 Å². The summed E-state index contributed by atoms with van der Waals surface area (Å²) in [5.41, 5.74) is 9.36. The van der Waals surface area contributed by atoms with Gasteiger partial charge in [0, 0.05) is 34.4 Å². The lowest BCUT2D eigenvalue weighted by molar-refractivity contribution is 0.403. The first kappa shape index (κ1) is 21.4. The van der Waals surface area contributed by atoms with Crippen molar-refractivity contribution >= 4 is 0 Å². The molecule has 5 heteroatoms. The molecule has 32 heavy (non-hydrogen) atoms. The van der Waals surface area contributed by atoms with Gasteiger partial charge in [0.25, 0.3) is 0 Å². The fourth-order valence-electron chi connectivity index (χ4n) is 6.15. The van der Waals surface area contributed by atoms with Gasteiger partial charge in [-0.25, -0.2) is 4.98 Å². The molecule has 5 nitrogen and oxygen atoms in total. The molecule has 2 aliphatic carbocycles. The average molecular weight is 432 g/mol. The van der Waals surface area contributed by atoms with Gasteiger partial charge in [0.15, 0.2) is 0 Å². The molecule has 3 heterocycles. The van der Waals surface area contributed by atoms with Crippen LogP contribution in [-0.2, 0) is 0 Å². The van der Waals surface area contributed by atoms with E-state index in [9.17, 15) is 0 Å². The van der Waals surface area contributed by atoms with E-state index in [0.717, 1.165) is 22.8 Å². The smallest absolute Gasteiger partial charge is 0.114 e. The zero-order valence-electron chi connectivity index (χ0n) is 20.4. The third-order valence-electron chi connectivity index (χ3n) is 8.06. The van der Waals surface area contributed by atoms with Gasteiger partial charge in [-0.15, -0.1) is 0 Å². The Labute approximate surface area is 191 Å². The molecule has 5 rings (SSSR count). The van der Waals surface area contributed by atoms with Crippen LogP contribution in [0.2, 0.25) is 0 Å². The summed E-state index contributed by atoms with van der Waals surface area (Å²) in [6.45, 7) is 13.9.